The zero-order valence-corrected chi connectivity index (χ0v) is 18.9. The van der Waals surface area contributed by atoms with Gasteiger partial charge in [0.1, 0.15) is 6.07 Å². The molecule has 174 valence electrons. The van der Waals surface area contributed by atoms with Gasteiger partial charge in [-0.2, -0.15) is 5.26 Å². The van der Waals surface area contributed by atoms with E-state index in [0.29, 0.717) is 22.9 Å². The molecule has 1 aliphatic rings. The van der Waals surface area contributed by atoms with Crippen LogP contribution in [0.15, 0.2) is 46.9 Å². The molecule has 0 radical (unpaired) electrons. The van der Waals surface area contributed by atoms with Crippen LogP contribution in [0.2, 0.25) is 5.02 Å². The number of carbonyl (C=O) groups excluding carboxylic acids is 1. The van der Waals surface area contributed by atoms with Gasteiger partial charge in [0.15, 0.2) is 0 Å². The maximum Gasteiger partial charge on any atom is 0.320 e. The number of rotatable bonds is 7. The number of nitrogens with one attached hydrogen (secondary N) is 2. The molecule has 1 aliphatic carbocycles. The van der Waals surface area contributed by atoms with Crippen LogP contribution in [-0.4, -0.2) is 27.2 Å². The van der Waals surface area contributed by atoms with Gasteiger partial charge in [-0.3, -0.25) is 9.59 Å². The van der Waals surface area contributed by atoms with Crippen LogP contribution in [0.1, 0.15) is 59.8 Å². The van der Waals surface area contributed by atoms with Gasteiger partial charge in [-0.15, -0.1) is 5.10 Å². The van der Waals surface area contributed by atoms with E-state index >= 15 is 0 Å². The molecule has 0 bridgehead atoms. The summed E-state index contributed by atoms with van der Waals surface area (Å²) < 4.78 is 5.38. The summed E-state index contributed by atoms with van der Waals surface area (Å²) in [5, 5.41) is 31.3. The topological polar surface area (TPSA) is 141 Å². The highest BCUT2D eigenvalue weighted by atomic mass is 35.5. The molecule has 2 aromatic carbocycles. The third kappa shape index (κ3) is 5.71. The summed E-state index contributed by atoms with van der Waals surface area (Å²) >= 11 is 6.01. The van der Waals surface area contributed by atoms with E-state index < -0.39 is 11.9 Å². The van der Waals surface area contributed by atoms with Crippen molar-refractivity contribution in [1.29, 1.82) is 5.26 Å². The lowest BCUT2D eigenvalue weighted by molar-refractivity contribution is -0.138. The molecule has 9 nitrogen and oxygen atoms in total. The van der Waals surface area contributed by atoms with Crippen molar-refractivity contribution in [3.8, 4) is 6.07 Å². The Morgan fingerprint density at radius 3 is 2.44 bits per heavy atom. The molecule has 34 heavy (non-hydrogen) atoms. The summed E-state index contributed by atoms with van der Waals surface area (Å²) in [7, 11) is 0. The van der Waals surface area contributed by atoms with Crippen LogP contribution in [0.5, 0.6) is 0 Å². The molecule has 1 amide bonds. The molecule has 3 N–H and O–H groups in total. The molecule has 1 aromatic heterocycles. The van der Waals surface area contributed by atoms with Crippen molar-refractivity contribution in [2.75, 3.05) is 10.6 Å². The lowest BCUT2D eigenvalue weighted by Crippen LogP contribution is -2.16. The second-order valence-corrected chi connectivity index (χ2v) is 8.64. The Morgan fingerprint density at radius 2 is 1.79 bits per heavy atom. The predicted octanol–water partition coefficient (Wildman–Crippen LogP) is 5.34. The normalized spacial score (nSPS) is 17.5. The zero-order chi connectivity index (χ0) is 24.1. The Kier molecular flexibility index (Phi) is 7.09. The first-order valence-electron chi connectivity index (χ1n) is 10.8. The highest BCUT2D eigenvalue weighted by molar-refractivity contribution is 6.32. The number of carboxylic acids is 1. The SMILES string of the molecule is N#Cc1ccc(Nc2nnc(C(=O)Nc3ccc(C4CCC(CC(=O)O)CC4)cc3)o2)cc1Cl. The number of carbonyl (C=O) groups is 2. The number of anilines is 3. The second-order valence-electron chi connectivity index (χ2n) is 8.24. The lowest BCUT2D eigenvalue weighted by Gasteiger charge is -2.28. The highest BCUT2D eigenvalue weighted by Crippen LogP contribution is 2.37. The summed E-state index contributed by atoms with van der Waals surface area (Å²) in [6.45, 7) is 0. The first kappa shape index (κ1) is 23.3. The molecular formula is C24H22ClN5O4. The van der Waals surface area contributed by atoms with E-state index in [9.17, 15) is 9.59 Å². The number of halogens is 1. The lowest BCUT2D eigenvalue weighted by atomic mass is 9.77. The average molecular weight is 480 g/mol. The molecule has 0 aliphatic heterocycles. The minimum absolute atomic E-state index is 0.0137. The number of carboxylic acid groups (broad SMARTS) is 1. The number of hydrogen-bond donors (Lipinski definition) is 3. The van der Waals surface area contributed by atoms with E-state index in [1.165, 1.54) is 5.56 Å². The van der Waals surface area contributed by atoms with Gasteiger partial charge in [0.2, 0.25) is 0 Å². The van der Waals surface area contributed by atoms with Crippen molar-refractivity contribution in [2.45, 2.75) is 38.0 Å². The van der Waals surface area contributed by atoms with Crippen LogP contribution in [0.3, 0.4) is 0 Å². The Hall–Kier alpha value is -3.90. The van der Waals surface area contributed by atoms with Crippen molar-refractivity contribution in [3.63, 3.8) is 0 Å². The maximum atomic E-state index is 12.5. The molecule has 10 heteroatoms. The van der Waals surface area contributed by atoms with Crippen LogP contribution >= 0.6 is 11.6 Å². The summed E-state index contributed by atoms with van der Waals surface area (Å²) in [5.41, 5.74) is 2.65. The summed E-state index contributed by atoms with van der Waals surface area (Å²) in [6, 6.07) is 14.3. The van der Waals surface area contributed by atoms with Crippen LogP contribution in [0.25, 0.3) is 0 Å². The van der Waals surface area contributed by atoms with Crippen molar-refractivity contribution in [3.05, 3.63) is 64.5 Å². The quantitative estimate of drug-likeness (QED) is 0.412. The van der Waals surface area contributed by atoms with Gasteiger partial charge < -0.3 is 20.2 Å². The number of nitrogens with zero attached hydrogens (tertiary/aromatic N) is 3. The minimum Gasteiger partial charge on any atom is -0.481 e. The molecule has 0 atom stereocenters. The number of amides is 1. The van der Waals surface area contributed by atoms with E-state index in [1.54, 1.807) is 18.2 Å². The smallest absolute Gasteiger partial charge is 0.320 e. The van der Waals surface area contributed by atoms with Gasteiger partial charge in [-0.05, 0) is 73.4 Å². The van der Waals surface area contributed by atoms with E-state index in [0.717, 1.165) is 25.7 Å². The number of benzene rings is 2. The number of aromatic nitrogens is 2. The first-order valence-corrected chi connectivity index (χ1v) is 11.2. The van der Waals surface area contributed by atoms with Crippen LogP contribution < -0.4 is 10.6 Å². The van der Waals surface area contributed by atoms with E-state index in [4.69, 9.17) is 26.4 Å². The van der Waals surface area contributed by atoms with E-state index in [1.807, 2.05) is 30.3 Å². The monoisotopic (exact) mass is 479 g/mol. The number of nitriles is 1. The minimum atomic E-state index is -0.730. The van der Waals surface area contributed by atoms with Crippen LogP contribution in [0.4, 0.5) is 17.4 Å². The molecule has 0 saturated heterocycles. The van der Waals surface area contributed by atoms with Crippen molar-refractivity contribution >= 4 is 40.9 Å². The Balaban J connectivity index is 1.32. The third-order valence-electron chi connectivity index (χ3n) is 5.91. The molecule has 4 rings (SSSR count). The van der Waals surface area contributed by atoms with Gasteiger partial charge in [-0.1, -0.05) is 28.8 Å². The van der Waals surface area contributed by atoms with E-state index in [2.05, 4.69) is 20.8 Å². The highest BCUT2D eigenvalue weighted by Gasteiger charge is 2.24. The summed E-state index contributed by atoms with van der Waals surface area (Å²) in [5.74, 6) is -0.820. The van der Waals surface area contributed by atoms with Gasteiger partial charge in [0.05, 0.1) is 10.6 Å². The van der Waals surface area contributed by atoms with Crippen molar-refractivity contribution in [1.82, 2.24) is 10.2 Å². The van der Waals surface area contributed by atoms with E-state index in [-0.39, 0.29) is 29.3 Å². The molecule has 0 unspecified atom stereocenters. The predicted molar refractivity (Wildman–Crippen MR) is 125 cm³/mol. The second kappa shape index (κ2) is 10.4. The molecule has 3 aromatic rings. The van der Waals surface area contributed by atoms with Crippen LogP contribution in [0, 0.1) is 17.2 Å². The molecule has 1 saturated carbocycles. The standard InChI is InChI=1S/C24H22ClN5O4/c25-20-12-19(10-7-17(20)13-26)28-24-30-29-23(34-24)22(33)27-18-8-5-16(6-9-18)15-3-1-14(2-4-15)11-21(31)32/h5-10,12,14-15H,1-4,11H2,(H,27,33)(H,28,30)(H,31,32). The Morgan fingerprint density at radius 1 is 1.09 bits per heavy atom. The van der Waals surface area contributed by atoms with Gasteiger partial charge in [0, 0.05) is 17.8 Å². The first-order chi connectivity index (χ1) is 16.4. The number of hydrogen-bond acceptors (Lipinski definition) is 7. The largest absolute Gasteiger partial charge is 0.481 e. The van der Waals surface area contributed by atoms with Crippen LogP contribution in [-0.2, 0) is 4.79 Å². The average Bonchev–Trinajstić information content (AvgIpc) is 3.29. The van der Waals surface area contributed by atoms with Gasteiger partial charge in [0.25, 0.3) is 0 Å². The molecule has 1 fully saturated rings. The fourth-order valence-electron chi connectivity index (χ4n) is 4.14. The summed E-state index contributed by atoms with van der Waals surface area (Å²) in [4.78, 5) is 23.4. The molecular weight excluding hydrogens is 458 g/mol. The third-order valence-corrected chi connectivity index (χ3v) is 6.22. The van der Waals surface area contributed by atoms with Crippen molar-refractivity contribution < 1.29 is 19.1 Å². The van der Waals surface area contributed by atoms with Crippen molar-refractivity contribution in [2.24, 2.45) is 5.92 Å². The molecule has 1 heterocycles. The Bertz CT molecular complexity index is 1230. The maximum absolute atomic E-state index is 12.5. The molecule has 0 spiro atoms. The fourth-order valence-corrected chi connectivity index (χ4v) is 4.37. The van der Waals surface area contributed by atoms with Gasteiger partial charge >= 0.3 is 23.8 Å². The zero-order valence-electron chi connectivity index (χ0n) is 18.1. The number of aliphatic carboxylic acids is 1. The Labute approximate surface area is 200 Å². The fraction of sp³-hybridized carbons (Fsp3) is 0.292. The summed E-state index contributed by atoms with van der Waals surface area (Å²) in [6.07, 6.45) is 4.00. The van der Waals surface area contributed by atoms with Gasteiger partial charge in [-0.25, -0.2) is 0 Å².